The zero-order chi connectivity index (χ0) is 17.2. The van der Waals surface area contributed by atoms with Crippen molar-refractivity contribution in [2.45, 2.75) is 51.0 Å². The molecule has 1 amide bonds. The van der Waals surface area contributed by atoms with Gasteiger partial charge in [-0.15, -0.1) is 0 Å². The van der Waals surface area contributed by atoms with Crippen LogP contribution in [0.3, 0.4) is 0 Å². The van der Waals surface area contributed by atoms with E-state index in [2.05, 4.69) is 35.2 Å². The van der Waals surface area contributed by atoms with Crippen molar-refractivity contribution in [3.8, 4) is 0 Å². The fourth-order valence-corrected chi connectivity index (χ4v) is 4.06. The molecule has 2 saturated heterocycles. The molecule has 0 aromatic carbocycles. The summed E-state index contributed by atoms with van der Waals surface area (Å²) in [4.78, 5) is 17.4. The average Bonchev–Trinajstić information content (AvgIpc) is 2.97. The molecule has 0 bridgehead atoms. The molecule has 24 heavy (non-hydrogen) atoms. The molecule has 3 heterocycles. The van der Waals surface area contributed by atoms with Crippen molar-refractivity contribution < 1.29 is 9.21 Å². The highest BCUT2D eigenvalue weighted by Gasteiger charge is 2.45. The van der Waals surface area contributed by atoms with E-state index in [1.165, 1.54) is 0 Å². The van der Waals surface area contributed by atoms with Crippen molar-refractivity contribution in [3.05, 3.63) is 23.7 Å². The van der Waals surface area contributed by atoms with Crippen LogP contribution in [0.2, 0.25) is 0 Å². The van der Waals surface area contributed by atoms with Gasteiger partial charge in [-0.05, 0) is 58.3 Å². The highest BCUT2D eigenvalue weighted by molar-refractivity contribution is 5.86. The van der Waals surface area contributed by atoms with Crippen LogP contribution in [0, 0.1) is 6.92 Å². The summed E-state index contributed by atoms with van der Waals surface area (Å²) < 4.78 is 5.74. The van der Waals surface area contributed by atoms with E-state index in [9.17, 15) is 4.79 Å². The number of nitrogens with one attached hydrogen (secondary N) is 1. The first-order chi connectivity index (χ1) is 11.5. The molecule has 2 fully saturated rings. The molecular formula is C19H31N3O2. The van der Waals surface area contributed by atoms with Crippen LogP contribution in [0.15, 0.2) is 16.5 Å². The smallest absolute Gasteiger partial charge is 0.240 e. The van der Waals surface area contributed by atoms with Crippen molar-refractivity contribution in [1.29, 1.82) is 0 Å². The molecule has 2 aliphatic heterocycles. The van der Waals surface area contributed by atoms with Crippen molar-refractivity contribution >= 4 is 5.91 Å². The van der Waals surface area contributed by atoms with E-state index in [1.54, 1.807) is 0 Å². The Morgan fingerprint density at radius 1 is 1.29 bits per heavy atom. The Kier molecular flexibility index (Phi) is 5.30. The predicted octanol–water partition coefficient (Wildman–Crippen LogP) is 2.37. The number of hydrogen-bond acceptors (Lipinski definition) is 4. The normalized spacial score (nSPS) is 23.9. The van der Waals surface area contributed by atoms with Gasteiger partial charge in [0.2, 0.25) is 5.91 Å². The van der Waals surface area contributed by atoms with Crippen LogP contribution in [-0.4, -0.2) is 61.0 Å². The van der Waals surface area contributed by atoms with Crippen LogP contribution in [0.1, 0.15) is 50.0 Å². The minimum absolute atomic E-state index is 0.238. The minimum Gasteiger partial charge on any atom is -0.466 e. The van der Waals surface area contributed by atoms with E-state index >= 15 is 0 Å². The first kappa shape index (κ1) is 17.5. The van der Waals surface area contributed by atoms with Crippen LogP contribution in [0.4, 0.5) is 0 Å². The summed E-state index contributed by atoms with van der Waals surface area (Å²) in [7, 11) is 2.11. The fourth-order valence-electron chi connectivity index (χ4n) is 4.06. The lowest BCUT2D eigenvalue weighted by Gasteiger charge is -2.45. The first-order valence-electron chi connectivity index (χ1n) is 9.29. The van der Waals surface area contributed by atoms with Crippen molar-refractivity contribution in [3.63, 3.8) is 0 Å². The molecule has 1 aromatic rings. The number of rotatable bonds is 4. The number of amides is 1. The van der Waals surface area contributed by atoms with Crippen molar-refractivity contribution in [2.24, 2.45) is 0 Å². The first-order valence-corrected chi connectivity index (χ1v) is 9.29. The quantitative estimate of drug-likeness (QED) is 0.919. The van der Waals surface area contributed by atoms with E-state index in [0.29, 0.717) is 5.92 Å². The highest BCUT2D eigenvalue weighted by Crippen LogP contribution is 2.30. The van der Waals surface area contributed by atoms with Gasteiger partial charge in [-0.1, -0.05) is 6.92 Å². The summed E-state index contributed by atoms with van der Waals surface area (Å²) in [5, 5.41) is 3.11. The third kappa shape index (κ3) is 3.52. The van der Waals surface area contributed by atoms with Gasteiger partial charge in [0.1, 0.15) is 17.1 Å². The Hall–Kier alpha value is -1.33. The van der Waals surface area contributed by atoms with E-state index < -0.39 is 0 Å². The number of aryl methyl sites for hydroxylation is 1. The van der Waals surface area contributed by atoms with Gasteiger partial charge < -0.3 is 14.6 Å². The van der Waals surface area contributed by atoms with E-state index in [0.717, 1.165) is 69.9 Å². The number of furan rings is 1. The van der Waals surface area contributed by atoms with Crippen LogP contribution in [0.5, 0.6) is 0 Å². The summed E-state index contributed by atoms with van der Waals surface area (Å²) in [5.74, 6) is 2.75. The molecule has 1 unspecified atom stereocenters. The van der Waals surface area contributed by atoms with Crippen LogP contribution in [0.25, 0.3) is 0 Å². The second-order valence-corrected chi connectivity index (χ2v) is 7.54. The van der Waals surface area contributed by atoms with E-state index in [1.807, 2.05) is 13.0 Å². The molecule has 3 rings (SSSR count). The van der Waals surface area contributed by atoms with Gasteiger partial charge in [-0.2, -0.15) is 0 Å². The number of carbonyl (C=O) groups excluding carboxylic acids is 1. The molecule has 0 saturated carbocycles. The molecule has 2 aliphatic rings. The number of hydrogen-bond donors (Lipinski definition) is 1. The third-order valence-corrected chi connectivity index (χ3v) is 5.92. The molecule has 1 aromatic heterocycles. The zero-order valence-corrected chi connectivity index (χ0v) is 15.3. The fraction of sp³-hybridized carbons (Fsp3) is 0.737. The SMILES string of the molecule is Cc1ccc(C(C)CCN2CCC3(CC2)C(=O)NCCCN3C)o1. The molecule has 0 aliphatic carbocycles. The highest BCUT2D eigenvalue weighted by atomic mass is 16.3. The van der Waals surface area contributed by atoms with Crippen LogP contribution >= 0.6 is 0 Å². The van der Waals surface area contributed by atoms with Gasteiger partial charge in [0, 0.05) is 32.1 Å². The Bertz CT molecular complexity index is 561. The van der Waals surface area contributed by atoms with E-state index in [-0.39, 0.29) is 11.4 Å². The van der Waals surface area contributed by atoms with Gasteiger partial charge >= 0.3 is 0 Å². The molecule has 1 atom stereocenters. The standard InChI is InChI=1S/C19H31N3O2/c1-15(17-6-5-16(2)24-17)7-12-22-13-8-19(9-14-22)18(23)20-10-4-11-21(19)3/h5-6,15H,4,7-14H2,1-3H3,(H,20,23). The Morgan fingerprint density at radius 3 is 2.71 bits per heavy atom. The maximum Gasteiger partial charge on any atom is 0.240 e. The lowest BCUT2D eigenvalue weighted by molar-refractivity contribution is -0.134. The zero-order valence-electron chi connectivity index (χ0n) is 15.3. The van der Waals surface area contributed by atoms with Crippen LogP contribution in [-0.2, 0) is 4.79 Å². The van der Waals surface area contributed by atoms with Crippen molar-refractivity contribution in [2.75, 3.05) is 39.8 Å². The maximum atomic E-state index is 12.6. The molecular weight excluding hydrogens is 302 g/mol. The summed E-state index contributed by atoms with van der Waals surface area (Å²) in [5.41, 5.74) is -0.281. The Labute approximate surface area is 145 Å². The average molecular weight is 333 g/mol. The summed E-state index contributed by atoms with van der Waals surface area (Å²) in [6.45, 7) is 9.12. The third-order valence-electron chi connectivity index (χ3n) is 5.92. The summed E-state index contributed by atoms with van der Waals surface area (Å²) in [6, 6.07) is 4.13. The van der Waals surface area contributed by atoms with Crippen molar-refractivity contribution in [1.82, 2.24) is 15.1 Å². The number of nitrogens with zero attached hydrogens (tertiary/aromatic N) is 2. The Morgan fingerprint density at radius 2 is 2.04 bits per heavy atom. The number of likely N-dealkylation sites (N-methyl/N-ethyl adjacent to an activating group) is 1. The minimum atomic E-state index is -0.281. The lowest BCUT2D eigenvalue weighted by Crippen LogP contribution is -2.60. The van der Waals surface area contributed by atoms with Gasteiger partial charge in [0.05, 0.1) is 0 Å². The number of carbonyl (C=O) groups is 1. The number of piperidine rings is 1. The molecule has 1 N–H and O–H groups in total. The molecule has 0 radical (unpaired) electrons. The molecule has 5 nitrogen and oxygen atoms in total. The summed E-state index contributed by atoms with van der Waals surface area (Å²) >= 11 is 0. The summed E-state index contributed by atoms with van der Waals surface area (Å²) in [6.07, 6.45) is 4.02. The van der Waals surface area contributed by atoms with Gasteiger partial charge in [-0.25, -0.2) is 0 Å². The molecule has 134 valence electrons. The lowest BCUT2D eigenvalue weighted by atomic mass is 9.85. The van der Waals surface area contributed by atoms with E-state index in [4.69, 9.17) is 4.42 Å². The second-order valence-electron chi connectivity index (χ2n) is 7.54. The topological polar surface area (TPSA) is 48.7 Å². The van der Waals surface area contributed by atoms with Gasteiger partial charge in [-0.3, -0.25) is 9.69 Å². The molecule has 5 heteroatoms. The number of likely N-dealkylation sites (tertiary alicyclic amines) is 1. The van der Waals surface area contributed by atoms with Crippen LogP contribution < -0.4 is 5.32 Å². The van der Waals surface area contributed by atoms with Gasteiger partial charge in [0.15, 0.2) is 0 Å². The maximum absolute atomic E-state index is 12.6. The largest absolute Gasteiger partial charge is 0.466 e. The monoisotopic (exact) mass is 333 g/mol. The molecule has 1 spiro atoms. The predicted molar refractivity (Wildman–Crippen MR) is 95.1 cm³/mol. The second kappa shape index (κ2) is 7.28. The van der Waals surface area contributed by atoms with Gasteiger partial charge in [0.25, 0.3) is 0 Å². The Balaban J connectivity index is 1.52.